The van der Waals surface area contributed by atoms with Crippen molar-refractivity contribution in [1.29, 1.82) is 0 Å². The second-order valence-corrected chi connectivity index (χ2v) is 8.00. The number of benzene rings is 3. The molecule has 0 fully saturated rings. The maximum Gasteiger partial charge on any atom is 0.471 e. The maximum atomic E-state index is 13.3. The first-order valence-electron chi connectivity index (χ1n) is 10.5. The molecule has 0 unspecified atom stereocenters. The van der Waals surface area contributed by atoms with E-state index in [0.717, 1.165) is 16.5 Å². The topological polar surface area (TPSA) is 56.1 Å². The van der Waals surface area contributed by atoms with Crippen molar-refractivity contribution >= 4 is 16.8 Å². The lowest BCUT2D eigenvalue weighted by Crippen LogP contribution is -2.42. The predicted octanol–water partition coefficient (Wildman–Crippen LogP) is 5.87. The van der Waals surface area contributed by atoms with Gasteiger partial charge in [0.1, 0.15) is 17.3 Å². The van der Waals surface area contributed by atoms with Gasteiger partial charge in [0.05, 0.1) is 17.4 Å². The van der Waals surface area contributed by atoms with Gasteiger partial charge in [-0.15, -0.1) is 0 Å². The van der Waals surface area contributed by atoms with Gasteiger partial charge in [-0.1, -0.05) is 18.2 Å². The van der Waals surface area contributed by atoms with Gasteiger partial charge in [0.2, 0.25) is 0 Å². The summed E-state index contributed by atoms with van der Waals surface area (Å²) in [6.07, 6.45) is -3.11. The minimum atomic E-state index is -4.94. The summed E-state index contributed by atoms with van der Waals surface area (Å²) in [5, 5.41) is 7.16. The van der Waals surface area contributed by atoms with E-state index in [2.05, 4.69) is 5.10 Å². The zero-order valence-electron chi connectivity index (χ0n) is 18.4. The minimum absolute atomic E-state index is 0.155. The molecule has 0 radical (unpaired) electrons. The molecule has 0 saturated heterocycles. The van der Waals surface area contributed by atoms with E-state index in [1.54, 1.807) is 47.3 Å². The Morgan fingerprint density at radius 3 is 2.50 bits per heavy atom. The van der Waals surface area contributed by atoms with Gasteiger partial charge in [0.15, 0.2) is 0 Å². The predicted molar refractivity (Wildman–Crippen MR) is 120 cm³/mol. The second kappa shape index (κ2) is 9.17. The molecule has 1 heterocycles. The van der Waals surface area contributed by atoms with Crippen LogP contribution in [0.15, 0.2) is 66.9 Å². The van der Waals surface area contributed by atoms with Crippen molar-refractivity contribution in [3.63, 3.8) is 0 Å². The van der Waals surface area contributed by atoms with Crippen molar-refractivity contribution in [2.45, 2.75) is 32.5 Å². The number of aryl methyl sites for hydroxylation is 1. The number of aromatic nitrogens is 2. The first-order chi connectivity index (χ1) is 16.1. The molecule has 0 aliphatic rings. The lowest BCUT2D eigenvalue weighted by Gasteiger charge is -2.18. The molecule has 176 valence electrons. The molecule has 9 heteroatoms. The third-order valence-corrected chi connectivity index (χ3v) is 5.29. The molecule has 0 bridgehead atoms. The SMILES string of the molecule is Cc1cc2c(cnn2-c2ccc(F)cc2)cc1Oc1ccccc1C[C@H](C)NC(=O)C(F)(F)F. The Kier molecular flexibility index (Phi) is 6.28. The van der Waals surface area contributed by atoms with Crippen LogP contribution in [0.2, 0.25) is 0 Å². The molecule has 1 N–H and O–H groups in total. The number of nitrogens with zero attached hydrogens (tertiary/aromatic N) is 2. The number of hydrogen-bond acceptors (Lipinski definition) is 3. The Balaban J connectivity index is 1.58. The zero-order valence-corrected chi connectivity index (χ0v) is 18.4. The number of hydrogen-bond donors (Lipinski definition) is 1. The van der Waals surface area contributed by atoms with Crippen LogP contribution in [0.5, 0.6) is 11.5 Å². The smallest absolute Gasteiger partial charge is 0.457 e. The van der Waals surface area contributed by atoms with E-state index < -0.39 is 18.1 Å². The monoisotopic (exact) mass is 471 g/mol. The molecule has 34 heavy (non-hydrogen) atoms. The van der Waals surface area contributed by atoms with Crippen molar-refractivity contribution in [2.75, 3.05) is 0 Å². The van der Waals surface area contributed by atoms with Crippen molar-refractivity contribution < 1.29 is 27.1 Å². The van der Waals surface area contributed by atoms with E-state index in [1.165, 1.54) is 19.1 Å². The van der Waals surface area contributed by atoms with E-state index in [0.29, 0.717) is 22.7 Å². The third-order valence-electron chi connectivity index (χ3n) is 5.29. The molecule has 0 saturated carbocycles. The quantitative estimate of drug-likeness (QED) is 0.358. The average Bonchev–Trinajstić information content (AvgIpc) is 3.17. The van der Waals surface area contributed by atoms with Gasteiger partial charge < -0.3 is 10.1 Å². The highest BCUT2D eigenvalue weighted by molar-refractivity contribution is 5.83. The summed E-state index contributed by atoms with van der Waals surface area (Å²) in [6.45, 7) is 3.37. The van der Waals surface area contributed by atoms with Crippen LogP contribution in [0.3, 0.4) is 0 Å². The molecule has 5 nitrogen and oxygen atoms in total. The number of carbonyl (C=O) groups is 1. The highest BCUT2D eigenvalue weighted by Gasteiger charge is 2.39. The van der Waals surface area contributed by atoms with Crippen LogP contribution >= 0.6 is 0 Å². The van der Waals surface area contributed by atoms with Crippen LogP contribution < -0.4 is 10.1 Å². The lowest BCUT2D eigenvalue weighted by molar-refractivity contribution is -0.174. The van der Waals surface area contributed by atoms with E-state index in [1.807, 2.05) is 24.4 Å². The van der Waals surface area contributed by atoms with Gasteiger partial charge >= 0.3 is 12.1 Å². The van der Waals surface area contributed by atoms with E-state index >= 15 is 0 Å². The Hall–Kier alpha value is -3.88. The molecule has 1 atom stereocenters. The number of halogens is 4. The number of amides is 1. The van der Waals surface area contributed by atoms with Crippen LogP contribution in [-0.4, -0.2) is 27.9 Å². The first kappa shape index (κ1) is 23.3. The molecule has 1 aromatic heterocycles. The minimum Gasteiger partial charge on any atom is -0.457 e. The number of nitrogens with one attached hydrogen (secondary N) is 1. The number of ether oxygens (including phenoxy) is 1. The number of rotatable bonds is 6. The summed E-state index contributed by atoms with van der Waals surface area (Å²) in [7, 11) is 0. The van der Waals surface area contributed by atoms with Crippen molar-refractivity contribution in [1.82, 2.24) is 15.1 Å². The van der Waals surface area contributed by atoms with Gasteiger partial charge in [-0.25, -0.2) is 9.07 Å². The largest absolute Gasteiger partial charge is 0.471 e. The molecule has 4 aromatic rings. The first-order valence-corrected chi connectivity index (χ1v) is 10.5. The van der Waals surface area contributed by atoms with Crippen molar-refractivity contribution in [2.24, 2.45) is 0 Å². The number of carbonyl (C=O) groups excluding carboxylic acids is 1. The second-order valence-electron chi connectivity index (χ2n) is 8.00. The highest BCUT2D eigenvalue weighted by Crippen LogP contribution is 2.32. The van der Waals surface area contributed by atoms with Crippen molar-refractivity contribution in [3.05, 3.63) is 83.8 Å². The number of alkyl halides is 3. The van der Waals surface area contributed by atoms with Crippen LogP contribution in [0.25, 0.3) is 16.6 Å². The summed E-state index contributed by atoms with van der Waals surface area (Å²) in [5.74, 6) is -1.27. The van der Waals surface area contributed by atoms with E-state index in [9.17, 15) is 22.4 Å². The zero-order chi connectivity index (χ0) is 24.5. The molecule has 3 aromatic carbocycles. The average molecular weight is 471 g/mol. The van der Waals surface area contributed by atoms with E-state index in [-0.39, 0.29) is 12.2 Å². The number of para-hydroxylation sites is 1. The fourth-order valence-electron chi connectivity index (χ4n) is 3.63. The third kappa shape index (κ3) is 5.03. The van der Waals surface area contributed by atoms with Gasteiger partial charge in [0, 0.05) is 11.4 Å². The summed E-state index contributed by atoms with van der Waals surface area (Å²) in [6, 6.07) is 15.9. The normalized spacial score (nSPS) is 12.5. The summed E-state index contributed by atoms with van der Waals surface area (Å²) in [5.41, 5.74) is 2.99. The molecular weight excluding hydrogens is 450 g/mol. The molecule has 0 aliphatic heterocycles. The van der Waals surface area contributed by atoms with Gasteiger partial charge in [-0.2, -0.15) is 18.3 Å². The molecule has 0 aliphatic carbocycles. The Labute approximate surface area is 193 Å². The molecule has 1 amide bonds. The molecule has 0 spiro atoms. The van der Waals surface area contributed by atoms with Crippen LogP contribution in [0.4, 0.5) is 17.6 Å². The Bertz CT molecular complexity index is 1330. The van der Waals surface area contributed by atoms with Gasteiger partial charge in [-0.3, -0.25) is 4.79 Å². The Morgan fingerprint density at radius 2 is 1.79 bits per heavy atom. The fourth-order valence-corrected chi connectivity index (χ4v) is 3.63. The van der Waals surface area contributed by atoms with Crippen molar-refractivity contribution in [3.8, 4) is 17.2 Å². The van der Waals surface area contributed by atoms with Gasteiger partial charge in [0.25, 0.3) is 0 Å². The Morgan fingerprint density at radius 1 is 1.09 bits per heavy atom. The maximum absolute atomic E-state index is 13.3. The number of fused-ring (bicyclic) bond motifs is 1. The lowest BCUT2D eigenvalue weighted by atomic mass is 10.1. The highest BCUT2D eigenvalue weighted by atomic mass is 19.4. The summed E-state index contributed by atoms with van der Waals surface area (Å²) < 4.78 is 58.8. The van der Waals surface area contributed by atoms with Crippen LogP contribution in [0, 0.1) is 12.7 Å². The summed E-state index contributed by atoms with van der Waals surface area (Å²) >= 11 is 0. The van der Waals surface area contributed by atoms with Gasteiger partial charge in [-0.05, 0) is 73.9 Å². The van der Waals surface area contributed by atoms with E-state index in [4.69, 9.17) is 4.74 Å². The molecular formula is C25H21F4N3O2. The fraction of sp³-hybridized carbons (Fsp3) is 0.200. The summed E-state index contributed by atoms with van der Waals surface area (Å²) in [4.78, 5) is 11.2. The van der Waals surface area contributed by atoms with Crippen LogP contribution in [-0.2, 0) is 11.2 Å². The standard InChI is InChI=1S/C25H21F4N3O2/c1-15-11-21-18(14-30-32(21)20-9-7-19(26)8-10-20)13-23(15)34-22-6-4-3-5-17(22)12-16(2)31-24(33)25(27,28)29/h3-11,13-14,16H,12H2,1-2H3,(H,31,33)/t16-/m0/s1. The molecule has 4 rings (SSSR count). The van der Waals surface area contributed by atoms with Crippen LogP contribution in [0.1, 0.15) is 18.1 Å².